The molecule has 0 aliphatic heterocycles. The number of carbonyl (C=O) groups excluding carboxylic acids is 3. The molecule has 0 unspecified atom stereocenters. The van der Waals surface area contributed by atoms with E-state index in [1.54, 1.807) is 55.6 Å². The van der Waals surface area contributed by atoms with Crippen molar-refractivity contribution in [3.8, 4) is 0 Å². The molecule has 0 fully saturated rings. The fourth-order valence-corrected chi connectivity index (χ4v) is 3.16. The number of amides is 3. The number of thiophene rings is 1. The van der Waals surface area contributed by atoms with Gasteiger partial charge in [-0.2, -0.15) is 0 Å². The number of hydrogen-bond donors (Lipinski definition) is 3. The Morgan fingerprint density at radius 1 is 0.821 bits per heavy atom. The van der Waals surface area contributed by atoms with E-state index in [0.29, 0.717) is 27.4 Å². The SMILES string of the molecule is CNC(=O)c1ccc(C)c(NC(=O)c2ccc(NC(=O)c3cccs3)cc2)c1. The van der Waals surface area contributed by atoms with Crippen LogP contribution in [0.25, 0.3) is 0 Å². The summed E-state index contributed by atoms with van der Waals surface area (Å²) in [6.45, 7) is 1.85. The molecule has 1 aromatic heterocycles. The van der Waals surface area contributed by atoms with Crippen LogP contribution in [0.15, 0.2) is 60.0 Å². The van der Waals surface area contributed by atoms with Gasteiger partial charge in [0.1, 0.15) is 0 Å². The van der Waals surface area contributed by atoms with Crippen LogP contribution < -0.4 is 16.0 Å². The van der Waals surface area contributed by atoms with Crippen molar-refractivity contribution in [2.45, 2.75) is 6.92 Å². The zero-order valence-corrected chi connectivity index (χ0v) is 16.2. The Balaban J connectivity index is 1.70. The molecule has 0 radical (unpaired) electrons. The molecular weight excluding hydrogens is 374 g/mol. The molecule has 0 saturated carbocycles. The van der Waals surface area contributed by atoms with Gasteiger partial charge in [-0.15, -0.1) is 11.3 Å². The Labute approximate surface area is 166 Å². The second kappa shape index (κ2) is 8.49. The second-order valence-electron chi connectivity index (χ2n) is 6.07. The molecule has 0 bridgehead atoms. The first-order chi connectivity index (χ1) is 13.5. The van der Waals surface area contributed by atoms with E-state index in [1.807, 2.05) is 18.4 Å². The summed E-state index contributed by atoms with van der Waals surface area (Å²) in [7, 11) is 1.55. The zero-order valence-electron chi connectivity index (χ0n) is 15.4. The molecule has 7 heteroatoms. The highest BCUT2D eigenvalue weighted by Gasteiger charge is 2.12. The van der Waals surface area contributed by atoms with Gasteiger partial charge in [-0.25, -0.2) is 0 Å². The minimum atomic E-state index is -0.298. The van der Waals surface area contributed by atoms with Gasteiger partial charge in [0, 0.05) is 29.5 Å². The van der Waals surface area contributed by atoms with Crippen LogP contribution in [-0.2, 0) is 0 Å². The lowest BCUT2D eigenvalue weighted by atomic mass is 10.1. The van der Waals surface area contributed by atoms with Crippen molar-refractivity contribution in [3.63, 3.8) is 0 Å². The molecule has 3 rings (SSSR count). The largest absolute Gasteiger partial charge is 0.355 e. The third-order valence-electron chi connectivity index (χ3n) is 4.12. The normalized spacial score (nSPS) is 10.2. The Hall–Kier alpha value is -3.45. The van der Waals surface area contributed by atoms with Gasteiger partial charge >= 0.3 is 0 Å². The van der Waals surface area contributed by atoms with E-state index in [0.717, 1.165) is 5.56 Å². The third-order valence-corrected chi connectivity index (χ3v) is 4.99. The van der Waals surface area contributed by atoms with Gasteiger partial charge in [-0.3, -0.25) is 14.4 Å². The summed E-state index contributed by atoms with van der Waals surface area (Å²) in [6.07, 6.45) is 0. The van der Waals surface area contributed by atoms with Gasteiger partial charge in [-0.1, -0.05) is 12.1 Å². The van der Waals surface area contributed by atoms with Gasteiger partial charge in [-0.05, 0) is 60.3 Å². The molecule has 0 saturated heterocycles. The summed E-state index contributed by atoms with van der Waals surface area (Å²) in [6, 6.07) is 15.3. The van der Waals surface area contributed by atoms with Crippen LogP contribution in [0.3, 0.4) is 0 Å². The number of aryl methyl sites for hydroxylation is 1. The molecule has 0 atom stereocenters. The van der Waals surface area contributed by atoms with E-state index < -0.39 is 0 Å². The van der Waals surface area contributed by atoms with E-state index in [9.17, 15) is 14.4 Å². The highest BCUT2D eigenvalue weighted by molar-refractivity contribution is 7.12. The van der Waals surface area contributed by atoms with Crippen molar-refractivity contribution in [1.82, 2.24) is 5.32 Å². The lowest BCUT2D eigenvalue weighted by Crippen LogP contribution is -2.19. The molecule has 6 nitrogen and oxygen atoms in total. The maximum Gasteiger partial charge on any atom is 0.265 e. The molecule has 0 spiro atoms. The van der Waals surface area contributed by atoms with Gasteiger partial charge in [0.2, 0.25) is 0 Å². The second-order valence-corrected chi connectivity index (χ2v) is 7.02. The standard InChI is InChI=1S/C21H19N3O3S/c1-13-5-6-15(19(25)22-2)12-17(13)24-20(26)14-7-9-16(10-8-14)23-21(27)18-4-3-11-28-18/h3-12H,1-2H3,(H,22,25)(H,23,27)(H,24,26). The molecule has 0 aliphatic carbocycles. The predicted molar refractivity (Wildman–Crippen MR) is 111 cm³/mol. The van der Waals surface area contributed by atoms with Gasteiger partial charge in [0.15, 0.2) is 0 Å². The van der Waals surface area contributed by atoms with Crippen LogP contribution in [0.5, 0.6) is 0 Å². The summed E-state index contributed by atoms with van der Waals surface area (Å²) in [5.41, 5.74) is 2.93. The number of carbonyl (C=O) groups is 3. The molecule has 3 aromatic rings. The van der Waals surface area contributed by atoms with Crippen molar-refractivity contribution in [3.05, 3.63) is 81.5 Å². The smallest absolute Gasteiger partial charge is 0.265 e. The minimum Gasteiger partial charge on any atom is -0.355 e. The molecule has 2 aromatic carbocycles. The van der Waals surface area contributed by atoms with E-state index >= 15 is 0 Å². The first kappa shape index (κ1) is 19.3. The topological polar surface area (TPSA) is 87.3 Å². The Morgan fingerprint density at radius 2 is 1.54 bits per heavy atom. The maximum absolute atomic E-state index is 12.5. The van der Waals surface area contributed by atoms with Crippen molar-refractivity contribution < 1.29 is 14.4 Å². The summed E-state index contributed by atoms with van der Waals surface area (Å²) in [5, 5.41) is 10.0. The molecule has 28 heavy (non-hydrogen) atoms. The van der Waals surface area contributed by atoms with Crippen molar-refractivity contribution in [2.24, 2.45) is 0 Å². The fourth-order valence-electron chi connectivity index (χ4n) is 2.54. The monoisotopic (exact) mass is 393 g/mol. The van der Waals surface area contributed by atoms with E-state index in [1.165, 1.54) is 11.3 Å². The highest BCUT2D eigenvalue weighted by Crippen LogP contribution is 2.19. The number of anilines is 2. The molecular formula is C21H19N3O3S. The fraction of sp³-hybridized carbons (Fsp3) is 0.0952. The lowest BCUT2D eigenvalue weighted by Gasteiger charge is -2.11. The summed E-state index contributed by atoms with van der Waals surface area (Å²) in [5.74, 6) is -0.705. The Kier molecular flexibility index (Phi) is 5.86. The molecule has 142 valence electrons. The van der Waals surface area contributed by atoms with Crippen molar-refractivity contribution >= 4 is 40.4 Å². The number of nitrogens with one attached hydrogen (secondary N) is 3. The Morgan fingerprint density at radius 3 is 2.18 bits per heavy atom. The predicted octanol–water partition coefficient (Wildman–Crippen LogP) is 3.92. The third kappa shape index (κ3) is 4.44. The zero-order chi connectivity index (χ0) is 20.1. The first-order valence-electron chi connectivity index (χ1n) is 8.57. The molecule has 1 heterocycles. The summed E-state index contributed by atoms with van der Waals surface area (Å²) >= 11 is 1.36. The van der Waals surface area contributed by atoms with Gasteiger partial charge in [0.25, 0.3) is 17.7 Å². The van der Waals surface area contributed by atoms with Crippen LogP contribution in [-0.4, -0.2) is 24.8 Å². The van der Waals surface area contributed by atoms with Gasteiger partial charge in [0.05, 0.1) is 4.88 Å². The first-order valence-corrected chi connectivity index (χ1v) is 9.45. The van der Waals surface area contributed by atoms with Crippen LogP contribution >= 0.6 is 11.3 Å². The summed E-state index contributed by atoms with van der Waals surface area (Å²) in [4.78, 5) is 37.0. The van der Waals surface area contributed by atoms with E-state index in [-0.39, 0.29) is 17.7 Å². The van der Waals surface area contributed by atoms with Crippen LogP contribution in [0.1, 0.15) is 36.0 Å². The highest BCUT2D eigenvalue weighted by atomic mass is 32.1. The Bertz CT molecular complexity index is 1010. The van der Waals surface area contributed by atoms with Crippen LogP contribution in [0, 0.1) is 6.92 Å². The number of hydrogen-bond acceptors (Lipinski definition) is 4. The molecule has 3 amide bonds. The average Bonchev–Trinajstić information content (AvgIpc) is 3.24. The average molecular weight is 393 g/mol. The van der Waals surface area contributed by atoms with Crippen molar-refractivity contribution in [1.29, 1.82) is 0 Å². The quantitative estimate of drug-likeness (QED) is 0.614. The van der Waals surface area contributed by atoms with E-state index in [4.69, 9.17) is 0 Å². The maximum atomic E-state index is 12.5. The van der Waals surface area contributed by atoms with Crippen molar-refractivity contribution in [2.75, 3.05) is 17.7 Å². The summed E-state index contributed by atoms with van der Waals surface area (Å²) < 4.78 is 0. The number of benzene rings is 2. The minimum absolute atomic E-state index is 0.186. The van der Waals surface area contributed by atoms with E-state index in [2.05, 4.69) is 16.0 Å². The van der Waals surface area contributed by atoms with Crippen LogP contribution in [0.4, 0.5) is 11.4 Å². The number of rotatable bonds is 5. The van der Waals surface area contributed by atoms with Gasteiger partial charge < -0.3 is 16.0 Å². The molecule has 0 aliphatic rings. The molecule has 3 N–H and O–H groups in total. The van der Waals surface area contributed by atoms with Crippen LogP contribution in [0.2, 0.25) is 0 Å². The lowest BCUT2D eigenvalue weighted by molar-refractivity contribution is 0.0960.